The first-order valence-electron chi connectivity index (χ1n) is 9.90. The van der Waals surface area contributed by atoms with Crippen molar-refractivity contribution in [1.29, 1.82) is 0 Å². The summed E-state index contributed by atoms with van der Waals surface area (Å²) in [5, 5.41) is 1.29. The molecule has 1 aliphatic carbocycles. The predicted molar refractivity (Wildman–Crippen MR) is 114 cm³/mol. The zero-order valence-corrected chi connectivity index (χ0v) is 17.4. The summed E-state index contributed by atoms with van der Waals surface area (Å²) in [7, 11) is -1.65. The summed E-state index contributed by atoms with van der Waals surface area (Å²) in [5.41, 5.74) is 6.04. The van der Waals surface area contributed by atoms with Gasteiger partial charge < -0.3 is 4.98 Å². The van der Waals surface area contributed by atoms with Crippen LogP contribution < -0.4 is 0 Å². The van der Waals surface area contributed by atoms with E-state index >= 15 is 0 Å². The van der Waals surface area contributed by atoms with Gasteiger partial charge in [0.15, 0.2) is 0 Å². The van der Waals surface area contributed by atoms with Gasteiger partial charge in [0.05, 0.1) is 11.5 Å². The van der Waals surface area contributed by atoms with E-state index < -0.39 is 10.1 Å². The van der Waals surface area contributed by atoms with Crippen molar-refractivity contribution in [2.75, 3.05) is 20.2 Å². The number of hydrogen-bond donors (Lipinski definition) is 1. The van der Waals surface area contributed by atoms with Gasteiger partial charge in [0.2, 0.25) is 0 Å². The fourth-order valence-electron chi connectivity index (χ4n) is 4.60. The molecule has 1 aromatic heterocycles. The molecule has 1 aliphatic heterocycles. The van der Waals surface area contributed by atoms with Gasteiger partial charge in [-0.15, -0.1) is 0 Å². The smallest absolute Gasteiger partial charge is 0.296 e. The van der Waals surface area contributed by atoms with Gasteiger partial charge in [-0.25, -0.2) is 0 Å². The summed E-state index contributed by atoms with van der Waals surface area (Å²) in [6, 6.07) is 13.4. The molecule has 0 bridgehead atoms. The Morgan fingerprint density at radius 3 is 2.76 bits per heavy atom. The Labute approximate surface area is 171 Å². The maximum absolute atomic E-state index is 12.6. The lowest BCUT2D eigenvalue weighted by atomic mass is 9.80. The highest BCUT2D eigenvalue weighted by Gasteiger charge is 2.34. The zero-order valence-electron chi connectivity index (χ0n) is 16.6. The van der Waals surface area contributed by atoms with Crippen molar-refractivity contribution in [1.82, 2.24) is 9.88 Å². The SMILES string of the molecule is Cc1ccc(S(=O)(=O)OCC2C=C3c4cccc5[nH]cc(c45)C[C@H]3N(C)C2)cc1. The number of aromatic nitrogens is 1. The van der Waals surface area contributed by atoms with Gasteiger partial charge in [0, 0.05) is 35.6 Å². The summed E-state index contributed by atoms with van der Waals surface area (Å²) in [4.78, 5) is 5.89. The highest BCUT2D eigenvalue weighted by molar-refractivity contribution is 7.86. The van der Waals surface area contributed by atoms with Crippen molar-refractivity contribution in [3.8, 4) is 0 Å². The van der Waals surface area contributed by atoms with Crippen LogP contribution in [0.25, 0.3) is 16.5 Å². The van der Waals surface area contributed by atoms with Crippen molar-refractivity contribution in [3.05, 3.63) is 71.4 Å². The summed E-state index contributed by atoms with van der Waals surface area (Å²) >= 11 is 0. The molecule has 0 saturated carbocycles. The van der Waals surface area contributed by atoms with Gasteiger partial charge in [0.1, 0.15) is 0 Å². The molecular formula is C23H24N2O3S. The number of aryl methyl sites for hydroxylation is 1. The molecular weight excluding hydrogens is 384 g/mol. The highest BCUT2D eigenvalue weighted by atomic mass is 32.2. The Balaban J connectivity index is 1.43. The predicted octanol–water partition coefficient (Wildman–Crippen LogP) is 3.75. The third-order valence-electron chi connectivity index (χ3n) is 6.09. The van der Waals surface area contributed by atoms with Gasteiger partial charge in [-0.05, 0) is 55.3 Å². The lowest BCUT2D eigenvalue weighted by Gasteiger charge is -2.39. The van der Waals surface area contributed by atoms with Crippen LogP contribution in [0.5, 0.6) is 0 Å². The Morgan fingerprint density at radius 2 is 1.97 bits per heavy atom. The van der Waals surface area contributed by atoms with Crippen LogP contribution >= 0.6 is 0 Å². The van der Waals surface area contributed by atoms with Crippen LogP contribution in [-0.4, -0.2) is 44.5 Å². The van der Waals surface area contributed by atoms with Crippen LogP contribution in [0.15, 0.2) is 59.6 Å². The Morgan fingerprint density at radius 1 is 1.17 bits per heavy atom. The second kappa shape index (κ2) is 6.83. The van der Waals surface area contributed by atoms with E-state index in [1.54, 1.807) is 24.3 Å². The molecule has 6 heteroatoms. The van der Waals surface area contributed by atoms with Gasteiger partial charge >= 0.3 is 0 Å². The normalized spacial score (nSPS) is 21.8. The van der Waals surface area contributed by atoms with E-state index in [0.29, 0.717) is 6.04 Å². The molecule has 150 valence electrons. The monoisotopic (exact) mass is 408 g/mol. The third kappa shape index (κ3) is 3.21. The molecule has 3 aromatic rings. The first-order valence-corrected chi connectivity index (χ1v) is 11.3. The van der Waals surface area contributed by atoms with E-state index in [0.717, 1.165) is 24.0 Å². The fraction of sp³-hybridized carbons (Fsp3) is 0.304. The summed E-state index contributed by atoms with van der Waals surface area (Å²) in [6.45, 7) is 2.85. The maximum Gasteiger partial charge on any atom is 0.296 e. The summed E-state index contributed by atoms with van der Waals surface area (Å²) < 4.78 is 30.6. The van der Waals surface area contributed by atoms with Crippen LogP contribution in [0.4, 0.5) is 0 Å². The lowest BCUT2D eigenvalue weighted by Crippen LogP contribution is -2.43. The van der Waals surface area contributed by atoms with Crippen LogP contribution in [0, 0.1) is 12.8 Å². The molecule has 5 nitrogen and oxygen atoms in total. The van der Waals surface area contributed by atoms with Crippen molar-refractivity contribution in [2.24, 2.45) is 5.92 Å². The minimum Gasteiger partial charge on any atom is -0.361 e. The topological polar surface area (TPSA) is 62.4 Å². The first kappa shape index (κ1) is 18.6. The first-order chi connectivity index (χ1) is 13.9. The molecule has 2 heterocycles. The number of nitrogens with zero attached hydrogens (tertiary/aromatic N) is 1. The van der Waals surface area contributed by atoms with E-state index in [-0.39, 0.29) is 17.4 Å². The molecule has 1 unspecified atom stereocenters. The molecule has 2 aliphatic rings. The van der Waals surface area contributed by atoms with Gasteiger partial charge in [0.25, 0.3) is 10.1 Å². The maximum atomic E-state index is 12.6. The highest BCUT2D eigenvalue weighted by Crippen LogP contribution is 2.40. The number of hydrogen-bond acceptors (Lipinski definition) is 4. The molecule has 2 aromatic carbocycles. The second-order valence-corrected chi connectivity index (χ2v) is 9.75. The number of fused-ring (bicyclic) bond motifs is 2. The van der Waals surface area contributed by atoms with Crippen molar-refractivity contribution < 1.29 is 12.6 Å². The molecule has 1 N–H and O–H groups in total. The largest absolute Gasteiger partial charge is 0.361 e. The second-order valence-electron chi connectivity index (χ2n) is 8.14. The molecule has 29 heavy (non-hydrogen) atoms. The minimum absolute atomic E-state index is 0.0159. The molecule has 0 amide bonds. The number of H-pyrrole nitrogens is 1. The third-order valence-corrected chi connectivity index (χ3v) is 7.38. The Hall–Kier alpha value is -2.41. The van der Waals surface area contributed by atoms with Gasteiger partial charge in [-0.2, -0.15) is 8.42 Å². The summed E-state index contributed by atoms with van der Waals surface area (Å²) in [5.74, 6) is 0.0159. The van der Waals surface area contributed by atoms with Crippen molar-refractivity contribution >= 4 is 26.6 Å². The van der Waals surface area contributed by atoms with Crippen molar-refractivity contribution in [2.45, 2.75) is 24.3 Å². The van der Waals surface area contributed by atoms with Gasteiger partial charge in [-0.3, -0.25) is 9.08 Å². The van der Waals surface area contributed by atoms with Gasteiger partial charge in [-0.1, -0.05) is 35.9 Å². The molecule has 2 atom stereocenters. The van der Waals surface area contributed by atoms with E-state index in [2.05, 4.69) is 47.4 Å². The molecule has 0 saturated heterocycles. The number of aromatic amines is 1. The molecule has 0 radical (unpaired) electrons. The van der Waals surface area contributed by atoms with E-state index in [1.807, 2.05) is 6.92 Å². The number of likely N-dealkylation sites (N-methyl/N-ethyl adjacent to an activating group) is 1. The summed E-state index contributed by atoms with van der Waals surface area (Å²) in [6.07, 6.45) is 5.30. The Bertz CT molecular complexity index is 1210. The molecule has 0 spiro atoms. The van der Waals surface area contributed by atoms with Crippen molar-refractivity contribution in [3.63, 3.8) is 0 Å². The number of benzene rings is 2. The van der Waals surface area contributed by atoms with E-state index in [4.69, 9.17) is 4.18 Å². The van der Waals surface area contributed by atoms with Crippen LogP contribution in [0.3, 0.4) is 0 Å². The van der Waals surface area contributed by atoms with E-state index in [1.165, 1.54) is 22.1 Å². The standard InChI is InChI=1S/C23H24N2O3S/c1-15-6-8-18(9-7-15)29(26,27)28-14-16-10-20-19-4-3-5-21-23(19)17(12-24-21)11-22(20)25(2)13-16/h3-10,12,16,22,24H,11,13-14H2,1-2H3/t16?,22-/m1/s1. The number of rotatable bonds is 4. The van der Waals surface area contributed by atoms with E-state index in [9.17, 15) is 8.42 Å². The molecule has 5 rings (SSSR count). The quantitative estimate of drug-likeness (QED) is 0.668. The average Bonchev–Trinajstić information content (AvgIpc) is 3.12. The lowest BCUT2D eigenvalue weighted by molar-refractivity contribution is 0.196. The van der Waals surface area contributed by atoms with Crippen LogP contribution in [0.1, 0.15) is 16.7 Å². The van der Waals surface area contributed by atoms with Crippen LogP contribution in [-0.2, 0) is 20.7 Å². The fourth-order valence-corrected chi connectivity index (χ4v) is 5.56. The van der Waals surface area contributed by atoms with Crippen LogP contribution in [0.2, 0.25) is 0 Å². The number of nitrogens with one attached hydrogen (secondary N) is 1. The molecule has 0 fully saturated rings. The zero-order chi connectivity index (χ0) is 20.2. The Kier molecular flexibility index (Phi) is 4.38. The average molecular weight is 409 g/mol. The minimum atomic E-state index is -3.76.